The van der Waals surface area contributed by atoms with Crippen molar-refractivity contribution in [1.82, 2.24) is 19.7 Å². The Balaban J connectivity index is 1.55. The van der Waals surface area contributed by atoms with Crippen LogP contribution >= 0.6 is 11.8 Å². The molecule has 0 saturated carbocycles. The number of aromatic nitrogens is 3. The van der Waals surface area contributed by atoms with Crippen LogP contribution in [-0.4, -0.2) is 44.4 Å². The van der Waals surface area contributed by atoms with Gasteiger partial charge in [-0.3, -0.25) is 9.36 Å². The molecule has 0 atom stereocenters. The predicted octanol–water partition coefficient (Wildman–Crippen LogP) is 3.61. The number of aryl methyl sites for hydroxylation is 1. The van der Waals surface area contributed by atoms with Crippen LogP contribution in [0.25, 0.3) is 11.4 Å². The van der Waals surface area contributed by atoms with Gasteiger partial charge in [0.15, 0.2) is 11.0 Å². The van der Waals surface area contributed by atoms with Crippen molar-refractivity contribution >= 4 is 17.7 Å². The molecule has 1 saturated heterocycles. The van der Waals surface area contributed by atoms with Gasteiger partial charge in [0.2, 0.25) is 5.91 Å². The number of carbonyl (C=O) groups excluding carboxylic acids is 1. The lowest BCUT2D eigenvalue weighted by molar-refractivity contribution is -0.127. The Morgan fingerprint density at radius 3 is 2.89 bits per heavy atom. The van der Waals surface area contributed by atoms with E-state index in [1.54, 1.807) is 18.0 Å². The summed E-state index contributed by atoms with van der Waals surface area (Å²) in [5.74, 6) is 2.75. The molecule has 3 heterocycles. The molecule has 1 fully saturated rings. The van der Waals surface area contributed by atoms with E-state index in [0.717, 1.165) is 47.6 Å². The Bertz CT molecular complexity index is 920. The topological polar surface area (TPSA) is 64.2 Å². The van der Waals surface area contributed by atoms with Gasteiger partial charge in [0, 0.05) is 30.8 Å². The van der Waals surface area contributed by atoms with E-state index in [1.807, 2.05) is 29.2 Å². The molecule has 2 aromatic heterocycles. The molecule has 7 heteroatoms. The maximum Gasteiger partial charge on any atom is 0.222 e. The van der Waals surface area contributed by atoms with Crippen LogP contribution in [0.3, 0.4) is 0 Å². The third-order valence-corrected chi connectivity index (χ3v) is 5.60. The molecule has 140 valence electrons. The van der Waals surface area contributed by atoms with E-state index in [1.165, 1.54) is 5.56 Å². The summed E-state index contributed by atoms with van der Waals surface area (Å²) in [6.45, 7) is 4.26. The highest BCUT2D eigenvalue weighted by atomic mass is 32.2. The zero-order valence-electron chi connectivity index (χ0n) is 15.3. The van der Waals surface area contributed by atoms with Gasteiger partial charge in [0.25, 0.3) is 0 Å². The van der Waals surface area contributed by atoms with Crippen molar-refractivity contribution in [2.45, 2.75) is 31.5 Å². The average molecular weight is 382 g/mol. The summed E-state index contributed by atoms with van der Waals surface area (Å²) in [6.07, 6.45) is 3.32. The minimum Gasteiger partial charge on any atom is -0.467 e. The van der Waals surface area contributed by atoms with Gasteiger partial charge < -0.3 is 9.32 Å². The van der Waals surface area contributed by atoms with Crippen LogP contribution < -0.4 is 0 Å². The Labute approximate surface area is 162 Å². The molecule has 0 radical (unpaired) electrons. The van der Waals surface area contributed by atoms with Crippen LogP contribution in [0.4, 0.5) is 0 Å². The summed E-state index contributed by atoms with van der Waals surface area (Å²) < 4.78 is 7.63. The summed E-state index contributed by atoms with van der Waals surface area (Å²) in [6, 6.07) is 12.1. The zero-order valence-corrected chi connectivity index (χ0v) is 16.1. The van der Waals surface area contributed by atoms with Crippen molar-refractivity contribution in [2.24, 2.45) is 0 Å². The molecule has 6 nitrogen and oxygen atoms in total. The summed E-state index contributed by atoms with van der Waals surface area (Å²) in [7, 11) is 0. The van der Waals surface area contributed by atoms with E-state index in [0.29, 0.717) is 13.0 Å². The van der Waals surface area contributed by atoms with E-state index >= 15 is 0 Å². The van der Waals surface area contributed by atoms with Gasteiger partial charge in [0.05, 0.1) is 12.8 Å². The number of hydrogen-bond donors (Lipinski definition) is 0. The van der Waals surface area contributed by atoms with Gasteiger partial charge >= 0.3 is 0 Å². The molecule has 4 rings (SSSR count). The molecule has 0 N–H and O–H groups in total. The zero-order chi connectivity index (χ0) is 18.6. The van der Waals surface area contributed by atoms with Crippen molar-refractivity contribution in [2.75, 3.05) is 18.8 Å². The summed E-state index contributed by atoms with van der Waals surface area (Å²) in [5, 5.41) is 9.70. The van der Waals surface area contributed by atoms with E-state index in [2.05, 4.69) is 33.8 Å². The number of hydrogen-bond acceptors (Lipinski definition) is 5. The molecule has 1 aliphatic rings. The first kappa shape index (κ1) is 17.9. The van der Waals surface area contributed by atoms with Crippen molar-refractivity contribution < 1.29 is 9.21 Å². The number of rotatable bonds is 7. The van der Waals surface area contributed by atoms with Crippen LogP contribution in [0.1, 0.15) is 24.2 Å². The molecule has 1 aliphatic heterocycles. The number of nitrogens with zero attached hydrogens (tertiary/aromatic N) is 4. The summed E-state index contributed by atoms with van der Waals surface area (Å²) in [4.78, 5) is 13.7. The smallest absolute Gasteiger partial charge is 0.222 e. The van der Waals surface area contributed by atoms with E-state index in [9.17, 15) is 4.79 Å². The fraction of sp³-hybridized carbons (Fsp3) is 0.350. The lowest BCUT2D eigenvalue weighted by Gasteiger charge is -2.15. The van der Waals surface area contributed by atoms with Gasteiger partial charge in [-0.1, -0.05) is 35.5 Å². The highest BCUT2D eigenvalue weighted by Gasteiger charge is 2.21. The molecule has 0 bridgehead atoms. The molecule has 1 aromatic carbocycles. The van der Waals surface area contributed by atoms with Crippen LogP contribution in [-0.2, 0) is 11.3 Å². The number of likely N-dealkylation sites (tertiary alicyclic amines) is 1. The fourth-order valence-corrected chi connectivity index (χ4v) is 4.18. The van der Waals surface area contributed by atoms with Crippen molar-refractivity contribution in [3.8, 4) is 11.4 Å². The average Bonchev–Trinajstić information content (AvgIpc) is 3.39. The quantitative estimate of drug-likeness (QED) is 0.584. The molecule has 3 aromatic rings. The van der Waals surface area contributed by atoms with Crippen molar-refractivity contribution in [1.29, 1.82) is 0 Å². The van der Waals surface area contributed by atoms with Crippen LogP contribution in [0, 0.1) is 6.92 Å². The number of thioether (sulfide) groups is 1. The first-order valence-corrected chi connectivity index (χ1v) is 10.1. The SMILES string of the molecule is Cc1cccc(-c2nnc(SCCN3CCCC3=O)n2Cc2ccco2)c1. The first-order valence-electron chi connectivity index (χ1n) is 9.14. The van der Waals surface area contributed by atoms with E-state index < -0.39 is 0 Å². The van der Waals surface area contributed by atoms with E-state index in [-0.39, 0.29) is 5.91 Å². The van der Waals surface area contributed by atoms with Gasteiger partial charge in [-0.2, -0.15) is 0 Å². The number of furan rings is 1. The van der Waals surface area contributed by atoms with E-state index in [4.69, 9.17) is 4.42 Å². The van der Waals surface area contributed by atoms with Crippen LogP contribution in [0.15, 0.2) is 52.2 Å². The largest absolute Gasteiger partial charge is 0.467 e. The Morgan fingerprint density at radius 1 is 1.22 bits per heavy atom. The van der Waals surface area contributed by atoms with Gasteiger partial charge in [-0.05, 0) is 31.5 Å². The minimum absolute atomic E-state index is 0.258. The minimum atomic E-state index is 0.258. The fourth-order valence-electron chi connectivity index (χ4n) is 3.28. The molecule has 0 aliphatic carbocycles. The second kappa shape index (κ2) is 8.00. The Hall–Kier alpha value is -2.54. The summed E-state index contributed by atoms with van der Waals surface area (Å²) in [5.41, 5.74) is 2.22. The van der Waals surface area contributed by atoms with Gasteiger partial charge in [-0.15, -0.1) is 10.2 Å². The molecule has 1 amide bonds. The maximum atomic E-state index is 11.8. The first-order chi connectivity index (χ1) is 13.2. The monoisotopic (exact) mass is 382 g/mol. The third kappa shape index (κ3) is 4.08. The second-order valence-electron chi connectivity index (χ2n) is 6.67. The second-order valence-corrected chi connectivity index (χ2v) is 7.74. The summed E-state index contributed by atoms with van der Waals surface area (Å²) >= 11 is 1.63. The lowest BCUT2D eigenvalue weighted by Crippen LogP contribution is -2.27. The van der Waals surface area contributed by atoms with Crippen LogP contribution in [0.5, 0.6) is 0 Å². The Morgan fingerprint density at radius 2 is 2.15 bits per heavy atom. The molecular weight excluding hydrogens is 360 g/mol. The molecule has 0 spiro atoms. The van der Waals surface area contributed by atoms with Crippen LogP contribution in [0.2, 0.25) is 0 Å². The lowest BCUT2D eigenvalue weighted by atomic mass is 10.1. The highest BCUT2D eigenvalue weighted by molar-refractivity contribution is 7.99. The normalized spacial score (nSPS) is 14.3. The van der Waals surface area contributed by atoms with Gasteiger partial charge in [-0.25, -0.2) is 0 Å². The molecular formula is C20H22N4O2S. The molecule has 0 unspecified atom stereocenters. The highest BCUT2D eigenvalue weighted by Crippen LogP contribution is 2.26. The Kier molecular flexibility index (Phi) is 5.29. The van der Waals surface area contributed by atoms with Crippen molar-refractivity contribution in [3.63, 3.8) is 0 Å². The number of amides is 1. The standard InChI is InChI=1S/C20H22N4O2S/c1-15-5-2-6-16(13-15)19-21-22-20(24(19)14-17-7-4-11-26-17)27-12-10-23-9-3-8-18(23)25/h2,4-7,11,13H,3,8-10,12,14H2,1H3. The number of benzene rings is 1. The predicted molar refractivity (Wildman–Crippen MR) is 105 cm³/mol. The van der Waals surface area contributed by atoms with Gasteiger partial charge in [0.1, 0.15) is 5.76 Å². The molecule has 27 heavy (non-hydrogen) atoms. The van der Waals surface area contributed by atoms with Crippen molar-refractivity contribution in [3.05, 3.63) is 54.0 Å². The third-order valence-electron chi connectivity index (χ3n) is 4.65. The number of carbonyl (C=O) groups is 1. The maximum absolute atomic E-state index is 11.8.